The highest BCUT2D eigenvalue weighted by Gasteiger charge is 2.13. The van der Waals surface area contributed by atoms with Gasteiger partial charge in [0.2, 0.25) is 0 Å². The first-order chi connectivity index (χ1) is 6.56. The van der Waals surface area contributed by atoms with Crippen LogP contribution in [-0.4, -0.2) is 16.5 Å². The maximum atomic E-state index is 11.2. The Labute approximate surface area is 78.9 Å². The first kappa shape index (κ1) is 10.4. The van der Waals surface area contributed by atoms with Crippen LogP contribution < -0.4 is 17.0 Å². The molecule has 1 rings (SSSR count). The molecule has 14 heavy (non-hydrogen) atoms. The van der Waals surface area contributed by atoms with E-state index in [1.807, 2.05) is 0 Å². The Morgan fingerprint density at radius 1 is 1.64 bits per heavy atom. The van der Waals surface area contributed by atoms with Crippen LogP contribution in [0.1, 0.15) is 11.6 Å². The van der Waals surface area contributed by atoms with Gasteiger partial charge in [0.25, 0.3) is 11.2 Å². The second-order valence-electron chi connectivity index (χ2n) is 2.74. The largest absolute Gasteiger partial charge is 0.329 e. The number of nitrogens with zero attached hydrogens (tertiary/aromatic N) is 1. The number of rotatable bonds is 3. The van der Waals surface area contributed by atoms with E-state index >= 15 is 0 Å². The summed E-state index contributed by atoms with van der Waals surface area (Å²) in [6.07, 6.45) is 1.02. The maximum absolute atomic E-state index is 11.2. The highest BCUT2D eigenvalue weighted by Crippen LogP contribution is 2.11. The van der Waals surface area contributed by atoms with E-state index < -0.39 is 16.5 Å². The number of hydrogen-bond donors (Lipinski definition) is 3. The molecule has 0 bridgehead atoms. The van der Waals surface area contributed by atoms with Crippen LogP contribution in [0.15, 0.2) is 17.1 Å². The number of aromatic nitrogens is 1. The SMILES string of the molecule is NCC(N)c1cc([N+](=O)[O-])c[nH]c1=O. The molecule has 7 nitrogen and oxygen atoms in total. The summed E-state index contributed by atoms with van der Waals surface area (Å²) in [5.41, 5.74) is 10.2. The van der Waals surface area contributed by atoms with E-state index in [9.17, 15) is 14.9 Å². The Bertz CT molecular complexity index is 400. The van der Waals surface area contributed by atoms with Crippen molar-refractivity contribution in [2.24, 2.45) is 11.5 Å². The van der Waals surface area contributed by atoms with E-state index in [1.165, 1.54) is 0 Å². The van der Waals surface area contributed by atoms with Crippen LogP contribution in [0.25, 0.3) is 0 Å². The minimum atomic E-state index is -0.682. The molecule has 1 aromatic heterocycles. The van der Waals surface area contributed by atoms with E-state index in [1.54, 1.807) is 0 Å². The molecule has 0 aliphatic heterocycles. The van der Waals surface area contributed by atoms with Crippen molar-refractivity contribution in [2.75, 3.05) is 6.54 Å². The number of nitrogens with one attached hydrogen (secondary N) is 1. The fourth-order valence-electron chi connectivity index (χ4n) is 0.997. The fourth-order valence-corrected chi connectivity index (χ4v) is 0.997. The lowest BCUT2D eigenvalue weighted by Gasteiger charge is -2.06. The van der Waals surface area contributed by atoms with Crippen LogP contribution >= 0.6 is 0 Å². The van der Waals surface area contributed by atoms with Crippen molar-refractivity contribution >= 4 is 5.69 Å². The Kier molecular flexibility index (Phi) is 2.95. The monoisotopic (exact) mass is 198 g/mol. The van der Waals surface area contributed by atoms with Gasteiger partial charge >= 0.3 is 0 Å². The van der Waals surface area contributed by atoms with Gasteiger partial charge in [0.05, 0.1) is 11.1 Å². The molecule has 0 aliphatic rings. The van der Waals surface area contributed by atoms with Crippen LogP contribution in [0.3, 0.4) is 0 Å². The van der Waals surface area contributed by atoms with E-state index in [0.29, 0.717) is 0 Å². The molecular weight excluding hydrogens is 188 g/mol. The van der Waals surface area contributed by atoms with Crippen molar-refractivity contribution in [1.82, 2.24) is 4.98 Å². The molecule has 0 aliphatic carbocycles. The van der Waals surface area contributed by atoms with Gasteiger partial charge in [0.15, 0.2) is 0 Å². The summed E-state index contributed by atoms with van der Waals surface area (Å²) >= 11 is 0. The molecule has 0 radical (unpaired) electrons. The number of nitro groups is 1. The summed E-state index contributed by atoms with van der Waals surface area (Å²) in [6.45, 7) is 0.0598. The highest BCUT2D eigenvalue weighted by molar-refractivity contribution is 5.31. The standard InChI is InChI=1S/C7H10N4O3/c8-2-6(9)5-1-4(11(13)14)3-10-7(5)12/h1,3,6H,2,8-9H2,(H,10,12). The molecule has 0 aromatic carbocycles. The number of hydrogen-bond acceptors (Lipinski definition) is 5. The molecule has 7 heteroatoms. The molecule has 76 valence electrons. The predicted octanol–water partition coefficient (Wildman–Crippen LogP) is -0.758. The zero-order valence-corrected chi connectivity index (χ0v) is 7.27. The summed E-state index contributed by atoms with van der Waals surface area (Å²) < 4.78 is 0. The van der Waals surface area contributed by atoms with Gasteiger partial charge < -0.3 is 16.5 Å². The zero-order valence-electron chi connectivity index (χ0n) is 7.27. The normalized spacial score (nSPS) is 12.4. The average Bonchev–Trinajstić information content (AvgIpc) is 2.17. The lowest BCUT2D eigenvalue weighted by molar-refractivity contribution is -0.385. The minimum Gasteiger partial charge on any atom is -0.329 e. The summed E-state index contributed by atoms with van der Waals surface area (Å²) in [4.78, 5) is 23.2. The number of nitrogens with two attached hydrogens (primary N) is 2. The van der Waals surface area contributed by atoms with Crippen LogP contribution in [-0.2, 0) is 0 Å². The van der Waals surface area contributed by atoms with E-state index in [-0.39, 0.29) is 17.8 Å². The van der Waals surface area contributed by atoms with Gasteiger partial charge in [0, 0.05) is 24.2 Å². The molecule has 0 amide bonds. The molecule has 5 N–H and O–H groups in total. The number of H-pyrrole nitrogens is 1. The third kappa shape index (κ3) is 1.95. The Hall–Kier alpha value is -1.73. The Balaban J connectivity index is 3.21. The van der Waals surface area contributed by atoms with Gasteiger partial charge in [-0.1, -0.05) is 0 Å². The molecular formula is C7H10N4O3. The molecule has 1 unspecified atom stereocenters. The van der Waals surface area contributed by atoms with Gasteiger partial charge in [-0.15, -0.1) is 0 Å². The smallest absolute Gasteiger partial charge is 0.285 e. The lowest BCUT2D eigenvalue weighted by atomic mass is 10.1. The molecule has 1 aromatic rings. The van der Waals surface area contributed by atoms with Gasteiger partial charge in [-0.3, -0.25) is 14.9 Å². The second-order valence-corrected chi connectivity index (χ2v) is 2.74. The third-order valence-corrected chi connectivity index (χ3v) is 1.78. The van der Waals surface area contributed by atoms with Crippen molar-refractivity contribution in [2.45, 2.75) is 6.04 Å². The number of aromatic amines is 1. The zero-order chi connectivity index (χ0) is 10.7. The molecule has 0 spiro atoms. The molecule has 1 atom stereocenters. The quantitative estimate of drug-likeness (QED) is 0.434. The fraction of sp³-hybridized carbons (Fsp3) is 0.286. The second kappa shape index (κ2) is 3.99. The van der Waals surface area contributed by atoms with Crippen LogP contribution in [0.5, 0.6) is 0 Å². The predicted molar refractivity (Wildman–Crippen MR) is 49.7 cm³/mol. The van der Waals surface area contributed by atoms with Crippen LogP contribution in [0.2, 0.25) is 0 Å². The maximum Gasteiger partial charge on any atom is 0.285 e. The van der Waals surface area contributed by atoms with E-state index in [0.717, 1.165) is 12.3 Å². The van der Waals surface area contributed by atoms with Crippen LogP contribution in [0.4, 0.5) is 5.69 Å². The highest BCUT2D eigenvalue weighted by atomic mass is 16.6. The van der Waals surface area contributed by atoms with Gasteiger partial charge in [-0.25, -0.2) is 0 Å². The molecule has 0 saturated heterocycles. The summed E-state index contributed by atoms with van der Waals surface area (Å²) in [6, 6.07) is 0.453. The van der Waals surface area contributed by atoms with Crippen molar-refractivity contribution in [1.29, 1.82) is 0 Å². The van der Waals surface area contributed by atoms with Crippen molar-refractivity contribution in [3.05, 3.63) is 38.3 Å². The van der Waals surface area contributed by atoms with Crippen molar-refractivity contribution < 1.29 is 4.92 Å². The first-order valence-corrected chi connectivity index (χ1v) is 3.89. The van der Waals surface area contributed by atoms with Gasteiger partial charge in [0.1, 0.15) is 0 Å². The lowest BCUT2D eigenvalue weighted by Crippen LogP contribution is -2.27. The van der Waals surface area contributed by atoms with Gasteiger partial charge in [-0.2, -0.15) is 0 Å². The van der Waals surface area contributed by atoms with E-state index in [4.69, 9.17) is 11.5 Å². The van der Waals surface area contributed by atoms with Crippen molar-refractivity contribution in [3.63, 3.8) is 0 Å². The average molecular weight is 198 g/mol. The van der Waals surface area contributed by atoms with E-state index in [2.05, 4.69) is 4.98 Å². The molecule has 0 fully saturated rings. The van der Waals surface area contributed by atoms with Crippen LogP contribution in [0, 0.1) is 10.1 Å². The molecule has 0 saturated carbocycles. The topological polar surface area (TPSA) is 128 Å². The summed E-state index contributed by atoms with van der Waals surface area (Å²) in [7, 11) is 0. The molecule has 1 heterocycles. The first-order valence-electron chi connectivity index (χ1n) is 3.89. The third-order valence-electron chi connectivity index (χ3n) is 1.78. The van der Waals surface area contributed by atoms with Crippen molar-refractivity contribution in [3.8, 4) is 0 Å². The summed E-state index contributed by atoms with van der Waals surface area (Å²) in [5, 5.41) is 10.4. The minimum absolute atomic E-state index is 0.0598. The Morgan fingerprint density at radius 2 is 2.29 bits per heavy atom. The Morgan fingerprint density at radius 3 is 2.79 bits per heavy atom. The van der Waals surface area contributed by atoms with Gasteiger partial charge in [-0.05, 0) is 0 Å². The number of pyridine rings is 1. The summed E-state index contributed by atoms with van der Waals surface area (Å²) in [5.74, 6) is 0.